The highest BCUT2D eigenvalue weighted by molar-refractivity contribution is 6.17. The van der Waals surface area contributed by atoms with Gasteiger partial charge in [0, 0.05) is 18.8 Å². The molecule has 0 saturated carbocycles. The maximum Gasteiger partial charge on any atom is 0.220 e. The maximum absolute atomic E-state index is 11.0. The first-order valence-electron chi connectivity index (χ1n) is 4.13. The molecular formula is C9H16ClNO. The molecule has 70 valence electrons. The highest BCUT2D eigenvalue weighted by Gasteiger charge is 1.96. The van der Waals surface area contributed by atoms with Crippen molar-refractivity contribution in [2.24, 2.45) is 0 Å². The Morgan fingerprint density at radius 2 is 2.17 bits per heavy atom. The lowest BCUT2D eigenvalue weighted by atomic mass is 10.3. The minimum atomic E-state index is 0.0770. The molecule has 0 aromatic heterocycles. The highest BCUT2D eigenvalue weighted by atomic mass is 35.5. The third-order valence-corrected chi connectivity index (χ3v) is 1.61. The predicted molar refractivity (Wildman–Crippen MR) is 52.4 cm³/mol. The first kappa shape index (κ1) is 11.5. The maximum atomic E-state index is 11.0. The van der Waals surface area contributed by atoms with E-state index in [-0.39, 0.29) is 5.91 Å². The van der Waals surface area contributed by atoms with E-state index in [2.05, 4.69) is 5.32 Å². The van der Waals surface area contributed by atoms with Gasteiger partial charge in [-0.05, 0) is 20.3 Å². The van der Waals surface area contributed by atoms with Crippen molar-refractivity contribution in [3.8, 4) is 0 Å². The molecule has 0 aliphatic rings. The smallest absolute Gasteiger partial charge is 0.220 e. The first-order chi connectivity index (χ1) is 5.66. The number of rotatable bonds is 5. The van der Waals surface area contributed by atoms with Crippen molar-refractivity contribution in [3.05, 3.63) is 11.6 Å². The van der Waals surface area contributed by atoms with Crippen LogP contribution in [0.2, 0.25) is 0 Å². The average Bonchev–Trinajstić information content (AvgIpc) is 2.00. The summed E-state index contributed by atoms with van der Waals surface area (Å²) < 4.78 is 0. The third-order valence-electron chi connectivity index (χ3n) is 1.35. The standard InChI is InChI=1S/C9H16ClNO/c1-8(2)5-7-11-9(12)4-3-6-10/h5H,3-4,6-7H2,1-2H3,(H,11,12). The summed E-state index contributed by atoms with van der Waals surface area (Å²) in [5, 5.41) is 2.77. The molecule has 0 aliphatic heterocycles. The molecule has 1 N–H and O–H groups in total. The number of carbonyl (C=O) groups is 1. The van der Waals surface area contributed by atoms with Crippen molar-refractivity contribution in [3.63, 3.8) is 0 Å². The molecule has 0 spiro atoms. The van der Waals surface area contributed by atoms with Crippen LogP contribution < -0.4 is 5.32 Å². The second-order valence-corrected chi connectivity index (χ2v) is 3.26. The zero-order chi connectivity index (χ0) is 9.40. The summed E-state index contributed by atoms with van der Waals surface area (Å²) in [6, 6.07) is 0. The first-order valence-corrected chi connectivity index (χ1v) is 4.66. The molecule has 1 amide bonds. The SMILES string of the molecule is CC(C)=CCNC(=O)CCCCl. The van der Waals surface area contributed by atoms with E-state index in [0.717, 1.165) is 6.42 Å². The number of halogens is 1. The molecule has 0 rings (SSSR count). The van der Waals surface area contributed by atoms with Crippen LogP contribution in [-0.2, 0) is 4.79 Å². The summed E-state index contributed by atoms with van der Waals surface area (Å²) >= 11 is 5.44. The van der Waals surface area contributed by atoms with Gasteiger partial charge >= 0.3 is 0 Å². The second kappa shape index (κ2) is 7.17. The molecule has 0 saturated heterocycles. The molecule has 0 unspecified atom stereocenters. The summed E-state index contributed by atoms with van der Waals surface area (Å²) in [6.45, 7) is 4.64. The number of allylic oxidation sites excluding steroid dienone is 1. The number of carbonyl (C=O) groups excluding carboxylic acids is 1. The Bertz CT molecular complexity index is 162. The van der Waals surface area contributed by atoms with Crippen LogP contribution in [-0.4, -0.2) is 18.3 Å². The van der Waals surface area contributed by atoms with Crippen molar-refractivity contribution in [1.29, 1.82) is 0 Å². The van der Waals surface area contributed by atoms with Gasteiger partial charge in [0.15, 0.2) is 0 Å². The van der Waals surface area contributed by atoms with Gasteiger partial charge < -0.3 is 5.32 Å². The molecule has 0 aromatic carbocycles. The van der Waals surface area contributed by atoms with Crippen molar-refractivity contribution in [2.45, 2.75) is 26.7 Å². The monoisotopic (exact) mass is 189 g/mol. The van der Waals surface area contributed by atoms with Crippen molar-refractivity contribution < 1.29 is 4.79 Å². The highest BCUT2D eigenvalue weighted by Crippen LogP contribution is 1.91. The van der Waals surface area contributed by atoms with Crippen LogP contribution in [0.4, 0.5) is 0 Å². The normalized spacial score (nSPS) is 9.25. The lowest BCUT2D eigenvalue weighted by Gasteiger charge is -2.00. The van der Waals surface area contributed by atoms with Gasteiger partial charge in [-0.3, -0.25) is 4.79 Å². The molecule has 0 bridgehead atoms. The zero-order valence-corrected chi connectivity index (χ0v) is 8.45. The fourth-order valence-electron chi connectivity index (χ4n) is 0.685. The van der Waals surface area contributed by atoms with Gasteiger partial charge in [0.25, 0.3) is 0 Å². The minimum Gasteiger partial charge on any atom is -0.353 e. The number of hydrogen-bond acceptors (Lipinski definition) is 1. The Balaban J connectivity index is 3.38. The number of alkyl halides is 1. The van der Waals surface area contributed by atoms with E-state index in [9.17, 15) is 4.79 Å². The number of amides is 1. The molecule has 3 heteroatoms. The topological polar surface area (TPSA) is 29.1 Å². The van der Waals surface area contributed by atoms with Crippen LogP contribution in [0, 0.1) is 0 Å². The molecular weight excluding hydrogens is 174 g/mol. The van der Waals surface area contributed by atoms with E-state index >= 15 is 0 Å². The molecule has 0 aliphatic carbocycles. The Kier molecular flexibility index (Phi) is 6.87. The van der Waals surface area contributed by atoms with Crippen LogP contribution in [0.15, 0.2) is 11.6 Å². The van der Waals surface area contributed by atoms with Crippen LogP contribution in [0.25, 0.3) is 0 Å². The van der Waals surface area contributed by atoms with Gasteiger partial charge in [0.05, 0.1) is 0 Å². The lowest BCUT2D eigenvalue weighted by molar-refractivity contribution is -0.120. The lowest BCUT2D eigenvalue weighted by Crippen LogP contribution is -2.23. The average molecular weight is 190 g/mol. The Morgan fingerprint density at radius 1 is 1.50 bits per heavy atom. The molecule has 0 fully saturated rings. The van der Waals surface area contributed by atoms with Crippen molar-refractivity contribution in [1.82, 2.24) is 5.32 Å². The summed E-state index contributed by atoms with van der Waals surface area (Å²) in [6.07, 6.45) is 3.26. The van der Waals surface area contributed by atoms with Crippen LogP contribution >= 0.6 is 11.6 Å². The van der Waals surface area contributed by atoms with Crippen LogP contribution in [0.3, 0.4) is 0 Å². The van der Waals surface area contributed by atoms with Crippen LogP contribution in [0.5, 0.6) is 0 Å². The van der Waals surface area contributed by atoms with Gasteiger partial charge in [0.1, 0.15) is 0 Å². The van der Waals surface area contributed by atoms with E-state index < -0.39 is 0 Å². The molecule has 0 aromatic rings. The van der Waals surface area contributed by atoms with Gasteiger partial charge in [-0.1, -0.05) is 11.6 Å². The fraction of sp³-hybridized carbons (Fsp3) is 0.667. The Morgan fingerprint density at radius 3 is 2.67 bits per heavy atom. The molecule has 0 atom stereocenters. The third kappa shape index (κ3) is 7.61. The largest absolute Gasteiger partial charge is 0.353 e. The van der Waals surface area contributed by atoms with Gasteiger partial charge in [0.2, 0.25) is 5.91 Å². The zero-order valence-electron chi connectivity index (χ0n) is 7.69. The van der Waals surface area contributed by atoms with Gasteiger partial charge in [-0.15, -0.1) is 11.6 Å². The van der Waals surface area contributed by atoms with E-state index in [1.807, 2.05) is 19.9 Å². The Hall–Kier alpha value is -0.500. The molecule has 2 nitrogen and oxygen atoms in total. The second-order valence-electron chi connectivity index (χ2n) is 2.88. The summed E-state index contributed by atoms with van der Waals surface area (Å²) in [7, 11) is 0. The van der Waals surface area contributed by atoms with E-state index in [0.29, 0.717) is 18.8 Å². The predicted octanol–water partition coefficient (Wildman–Crippen LogP) is 2.09. The van der Waals surface area contributed by atoms with Crippen LogP contribution in [0.1, 0.15) is 26.7 Å². The molecule has 0 heterocycles. The van der Waals surface area contributed by atoms with E-state index in [1.54, 1.807) is 0 Å². The number of hydrogen-bond donors (Lipinski definition) is 1. The molecule has 12 heavy (non-hydrogen) atoms. The summed E-state index contributed by atoms with van der Waals surface area (Å²) in [5.74, 6) is 0.629. The summed E-state index contributed by atoms with van der Waals surface area (Å²) in [5.41, 5.74) is 1.22. The fourth-order valence-corrected chi connectivity index (χ4v) is 0.818. The van der Waals surface area contributed by atoms with E-state index in [4.69, 9.17) is 11.6 Å². The van der Waals surface area contributed by atoms with Crippen molar-refractivity contribution >= 4 is 17.5 Å². The Labute approximate surface area is 79.0 Å². The van der Waals surface area contributed by atoms with E-state index in [1.165, 1.54) is 5.57 Å². The number of nitrogens with one attached hydrogen (secondary N) is 1. The van der Waals surface area contributed by atoms with Gasteiger partial charge in [-0.25, -0.2) is 0 Å². The van der Waals surface area contributed by atoms with Crippen molar-refractivity contribution in [2.75, 3.05) is 12.4 Å². The summed E-state index contributed by atoms with van der Waals surface area (Å²) in [4.78, 5) is 11.0. The quantitative estimate of drug-likeness (QED) is 0.521. The van der Waals surface area contributed by atoms with Gasteiger partial charge in [-0.2, -0.15) is 0 Å². The minimum absolute atomic E-state index is 0.0770. The molecule has 0 radical (unpaired) electrons.